The highest BCUT2D eigenvalue weighted by molar-refractivity contribution is 5.80. The Kier molecular flexibility index (Phi) is 5.22. The summed E-state index contributed by atoms with van der Waals surface area (Å²) in [5.74, 6) is 1.08. The third-order valence-electron chi connectivity index (χ3n) is 4.66. The van der Waals surface area contributed by atoms with E-state index in [1.807, 2.05) is 0 Å². The van der Waals surface area contributed by atoms with Crippen LogP contribution in [0, 0.1) is 11.8 Å². The van der Waals surface area contributed by atoms with Crippen molar-refractivity contribution in [2.24, 2.45) is 17.6 Å². The summed E-state index contributed by atoms with van der Waals surface area (Å²) in [5.41, 5.74) is 6.05. The van der Waals surface area contributed by atoms with Gasteiger partial charge in [0.1, 0.15) is 0 Å². The second-order valence-corrected chi connectivity index (χ2v) is 6.40. The van der Waals surface area contributed by atoms with Crippen molar-refractivity contribution in [2.75, 3.05) is 33.2 Å². The van der Waals surface area contributed by atoms with E-state index < -0.39 is 0 Å². The summed E-state index contributed by atoms with van der Waals surface area (Å²) in [6.07, 6.45) is 5.49. The van der Waals surface area contributed by atoms with Gasteiger partial charge in [0.15, 0.2) is 0 Å². The number of carbonyl (C=O) groups is 1. The van der Waals surface area contributed by atoms with E-state index in [1.165, 1.54) is 6.42 Å². The zero-order chi connectivity index (χ0) is 13.8. The molecule has 0 bridgehead atoms. The molecule has 1 amide bonds. The van der Waals surface area contributed by atoms with E-state index in [9.17, 15) is 4.79 Å². The molecule has 0 aromatic heterocycles. The average molecular weight is 267 g/mol. The lowest BCUT2D eigenvalue weighted by molar-refractivity contribution is -0.134. The van der Waals surface area contributed by atoms with Crippen LogP contribution in [0.25, 0.3) is 0 Å². The minimum absolute atomic E-state index is 0.104. The normalized spacial score (nSPS) is 31.4. The first-order chi connectivity index (χ1) is 9.11. The Hall–Kier alpha value is -0.610. The molecule has 4 nitrogen and oxygen atoms in total. The monoisotopic (exact) mass is 267 g/mol. The average Bonchev–Trinajstić information content (AvgIpc) is 2.98. The van der Waals surface area contributed by atoms with Gasteiger partial charge >= 0.3 is 0 Å². The maximum atomic E-state index is 12.4. The largest absolute Gasteiger partial charge is 0.342 e. The molecule has 1 aliphatic heterocycles. The highest BCUT2D eigenvalue weighted by atomic mass is 16.2. The van der Waals surface area contributed by atoms with Crippen molar-refractivity contribution in [3.05, 3.63) is 0 Å². The Labute approximate surface area is 117 Å². The Morgan fingerprint density at radius 3 is 2.79 bits per heavy atom. The van der Waals surface area contributed by atoms with E-state index in [4.69, 9.17) is 5.73 Å². The van der Waals surface area contributed by atoms with Gasteiger partial charge in [0.05, 0.1) is 5.92 Å². The van der Waals surface area contributed by atoms with Crippen LogP contribution in [0.5, 0.6) is 0 Å². The minimum Gasteiger partial charge on any atom is -0.342 e. The molecule has 3 unspecified atom stereocenters. The highest BCUT2D eigenvalue weighted by Gasteiger charge is 2.36. The molecule has 2 aliphatic rings. The topological polar surface area (TPSA) is 49.6 Å². The van der Waals surface area contributed by atoms with Crippen LogP contribution in [0.1, 0.15) is 39.0 Å². The standard InChI is InChI=1S/C15H29N3O/c1-3-8-17(2)10-12-7-9-18(11-12)15(19)13-5-4-6-14(13)16/h12-14H,3-11,16H2,1-2H3. The molecule has 0 radical (unpaired) electrons. The van der Waals surface area contributed by atoms with Crippen molar-refractivity contribution in [2.45, 2.75) is 45.1 Å². The fraction of sp³-hybridized carbons (Fsp3) is 0.933. The summed E-state index contributed by atoms with van der Waals surface area (Å²) in [6, 6.07) is 0.106. The molecule has 2 rings (SSSR count). The van der Waals surface area contributed by atoms with Gasteiger partial charge in [-0.2, -0.15) is 0 Å². The minimum atomic E-state index is 0.104. The van der Waals surface area contributed by atoms with Gasteiger partial charge < -0.3 is 15.5 Å². The predicted octanol–water partition coefficient (Wildman–Crippen LogP) is 1.30. The summed E-state index contributed by atoms with van der Waals surface area (Å²) < 4.78 is 0. The van der Waals surface area contributed by atoms with Crippen molar-refractivity contribution >= 4 is 5.91 Å². The number of hydrogen-bond acceptors (Lipinski definition) is 3. The van der Waals surface area contributed by atoms with Crippen LogP contribution >= 0.6 is 0 Å². The first-order valence-corrected chi connectivity index (χ1v) is 7.84. The van der Waals surface area contributed by atoms with Crippen LogP contribution in [0.3, 0.4) is 0 Å². The zero-order valence-corrected chi connectivity index (χ0v) is 12.5. The van der Waals surface area contributed by atoms with Crippen molar-refractivity contribution in [1.82, 2.24) is 9.80 Å². The second kappa shape index (κ2) is 6.71. The van der Waals surface area contributed by atoms with Crippen molar-refractivity contribution in [3.63, 3.8) is 0 Å². The molecule has 110 valence electrons. The molecule has 2 fully saturated rings. The Bertz CT molecular complexity index is 308. The summed E-state index contributed by atoms with van der Waals surface area (Å²) in [7, 11) is 2.18. The van der Waals surface area contributed by atoms with Gasteiger partial charge in [-0.05, 0) is 45.2 Å². The summed E-state index contributed by atoms with van der Waals surface area (Å²) >= 11 is 0. The number of amides is 1. The number of likely N-dealkylation sites (tertiary alicyclic amines) is 1. The number of carbonyl (C=O) groups excluding carboxylic acids is 1. The van der Waals surface area contributed by atoms with Crippen LogP contribution in [0.4, 0.5) is 0 Å². The number of nitrogens with two attached hydrogens (primary N) is 1. The van der Waals surface area contributed by atoms with Gasteiger partial charge in [-0.3, -0.25) is 4.79 Å². The van der Waals surface area contributed by atoms with Crippen molar-refractivity contribution in [3.8, 4) is 0 Å². The fourth-order valence-corrected chi connectivity index (χ4v) is 3.63. The molecular weight excluding hydrogens is 238 g/mol. The van der Waals surface area contributed by atoms with Gasteiger partial charge in [-0.1, -0.05) is 13.3 Å². The Morgan fingerprint density at radius 2 is 2.16 bits per heavy atom. The lowest BCUT2D eigenvalue weighted by atomic mass is 10.0. The van der Waals surface area contributed by atoms with Crippen molar-refractivity contribution < 1.29 is 4.79 Å². The van der Waals surface area contributed by atoms with Crippen LogP contribution in [-0.2, 0) is 4.79 Å². The maximum Gasteiger partial charge on any atom is 0.227 e. The van der Waals surface area contributed by atoms with E-state index >= 15 is 0 Å². The molecule has 1 aliphatic carbocycles. The van der Waals surface area contributed by atoms with Crippen molar-refractivity contribution in [1.29, 1.82) is 0 Å². The molecule has 0 aromatic carbocycles. The third-order valence-corrected chi connectivity index (χ3v) is 4.66. The van der Waals surface area contributed by atoms with Gasteiger partial charge in [-0.25, -0.2) is 0 Å². The summed E-state index contributed by atoms with van der Waals surface area (Å²) in [5, 5.41) is 0. The smallest absolute Gasteiger partial charge is 0.227 e. The molecule has 1 heterocycles. The van der Waals surface area contributed by atoms with Gasteiger partial charge in [0.2, 0.25) is 5.91 Å². The molecule has 3 atom stereocenters. The number of hydrogen-bond donors (Lipinski definition) is 1. The quantitative estimate of drug-likeness (QED) is 0.817. The molecule has 0 spiro atoms. The number of nitrogens with zero attached hydrogens (tertiary/aromatic N) is 2. The van der Waals surface area contributed by atoms with Gasteiger partial charge in [-0.15, -0.1) is 0 Å². The Balaban J connectivity index is 1.79. The molecule has 1 saturated heterocycles. The zero-order valence-electron chi connectivity index (χ0n) is 12.5. The van der Waals surface area contributed by atoms with E-state index in [2.05, 4.69) is 23.8 Å². The van der Waals surface area contributed by atoms with Crippen LogP contribution in [-0.4, -0.2) is 55.0 Å². The van der Waals surface area contributed by atoms with Gasteiger partial charge in [0, 0.05) is 25.7 Å². The highest BCUT2D eigenvalue weighted by Crippen LogP contribution is 2.28. The van der Waals surface area contributed by atoms with E-state index in [0.717, 1.165) is 51.9 Å². The van der Waals surface area contributed by atoms with Crippen LogP contribution < -0.4 is 5.73 Å². The first kappa shape index (κ1) is 14.8. The SMILES string of the molecule is CCCN(C)CC1CCN(C(=O)C2CCCC2N)C1. The molecule has 2 N–H and O–H groups in total. The molecule has 1 saturated carbocycles. The van der Waals surface area contributed by atoms with E-state index in [0.29, 0.717) is 11.8 Å². The summed E-state index contributed by atoms with van der Waals surface area (Å²) in [6.45, 7) is 6.36. The lowest BCUT2D eigenvalue weighted by Crippen LogP contribution is -2.41. The van der Waals surface area contributed by atoms with E-state index in [-0.39, 0.29) is 12.0 Å². The number of rotatable bonds is 5. The molecule has 4 heteroatoms. The predicted molar refractivity (Wildman–Crippen MR) is 77.8 cm³/mol. The van der Waals surface area contributed by atoms with Gasteiger partial charge in [0.25, 0.3) is 0 Å². The Morgan fingerprint density at radius 1 is 1.37 bits per heavy atom. The maximum absolute atomic E-state index is 12.4. The van der Waals surface area contributed by atoms with Crippen LogP contribution in [0.15, 0.2) is 0 Å². The lowest BCUT2D eigenvalue weighted by Gasteiger charge is -2.24. The molecule has 19 heavy (non-hydrogen) atoms. The third kappa shape index (κ3) is 3.69. The fourth-order valence-electron chi connectivity index (χ4n) is 3.63. The second-order valence-electron chi connectivity index (χ2n) is 6.40. The van der Waals surface area contributed by atoms with E-state index in [1.54, 1.807) is 0 Å². The first-order valence-electron chi connectivity index (χ1n) is 7.84. The molecule has 0 aromatic rings. The van der Waals surface area contributed by atoms with Crippen LogP contribution in [0.2, 0.25) is 0 Å². The molecular formula is C15H29N3O. The summed E-state index contributed by atoms with van der Waals surface area (Å²) in [4.78, 5) is 16.9.